The molecule has 0 bridgehead atoms. The summed E-state index contributed by atoms with van der Waals surface area (Å²) in [6.45, 7) is 1.58. The number of nitrogens with zero attached hydrogens (tertiary/aromatic N) is 2. The molecule has 1 aromatic heterocycles. The van der Waals surface area contributed by atoms with E-state index in [1.165, 1.54) is 36.4 Å². The minimum Gasteiger partial charge on any atom is -0.461 e. The fourth-order valence-corrected chi connectivity index (χ4v) is 2.75. The highest BCUT2D eigenvalue weighted by atomic mass is 35.5. The molecule has 1 N–H and O–H groups in total. The molecule has 142 valence electrons. The molecule has 2 aromatic carbocycles. The Bertz CT molecular complexity index is 1110. The Morgan fingerprint density at radius 2 is 1.71 bits per heavy atom. The van der Waals surface area contributed by atoms with E-state index in [9.17, 15) is 25.0 Å². The highest BCUT2D eigenvalue weighted by Gasteiger charge is 2.19. The molecule has 0 aliphatic heterocycles. The molecule has 0 saturated heterocycles. The summed E-state index contributed by atoms with van der Waals surface area (Å²) >= 11 is 5.99. The molecule has 0 unspecified atom stereocenters. The van der Waals surface area contributed by atoms with Gasteiger partial charge in [-0.05, 0) is 19.1 Å². The lowest BCUT2D eigenvalue weighted by Gasteiger charge is -2.06. The first-order valence-corrected chi connectivity index (χ1v) is 8.24. The number of aryl methyl sites for hydroxylation is 1. The number of carbonyl (C=O) groups is 1. The molecule has 28 heavy (non-hydrogen) atoms. The zero-order chi connectivity index (χ0) is 20.4. The summed E-state index contributed by atoms with van der Waals surface area (Å²) in [6.07, 6.45) is 0. The van der Waals surface area contributed by atoms with E-state index in [2.05, 4.69) is 5.32 Å². The predicted octanol–water partition coefficient (Wildman–Crippen LogP) is 4.98. The number of anilines is 1. The minimum absolute atomic E-state index is 0.0163. The zero-order valence-corrected chi connectivity index (χ0v) is 15.1. The van der Waals surface area contributed by atoms with Gasteiger partial charge in [-0.15, -0.1) is 0 Å². The standard InChI is InChI=1S/C18H12ClN3O6/c1-10-14(9-17(28-10)11-3-2-4-12(7-11)21(24)25)18(23)20-16-6-5-13(22(26)27)8-15(16)19/h2-9H,1H3,(H,20,23). The van der Waals surface area contributed by atoms with Crippen molar-refractivity contribution in [3.63, 3.8) is 0 Å². The van der Waals surface area contributed by atoms with Gasteiger partial charge in [-0.3, -0.25) is 25.0 Å². The third-order valence-electron chi connectivity index (χ3n) is 3.92. The first-order valence-electron chi connectivity index (χ1n) is 7.87. The molecule has 1 amide bonds. The number of hydrogen-bond acceptors (Lipinski definition) is 6. The quantitative estimate of drug-likeness (QED) is 0.474. The van der Waals surface area contributed by atoms with Crippen LogP contribution in [0.4, 0.5) is 17.1 Å². The molecule has 0 spiro atoms. The first-order chi connectivity index (χ1) is 13.3. The third kappa shape index (κ3) is 3.84. The molecule has 10 heteroatoms. The average Bonchev–Trinajstić information content (AvgIpc) is 3.05. The maximum atomic E-state index is 12.6. The van der Waals surface area contributed by atoms with Crippen molar-refractivity contribution >= 4 is 34.6 Å². The van der Waals surface area contributed by atoms with Crippen LogP contribution in [0.25, 0.3) is 11.3 Å². The lowest BCUT2D eigenvalue weighted by molar-refractivity contribution is -0.385. The second kappa shape index (κ2) is 7.49. The van der Waals surface area contributed by atoms with E-state index in [0.717, 1.165) is 6.07 Å². The fraction of sp³-hybridized carbons (Fsp3) is 0.0556. The second-order valence-electron chi connectivity index (χ2n) is 5.76. The molecule has 0 aliphatic carbocycles. The number of halogens is 1. The van der Waals surface area contributed by atoms with Crippen molar-refractivity contribution in [3.05, 3.63) is 85.1 Å². The van der Waals surface area contributed by atoms with Crippen LogP contribution in [0.15, 0.2) is 52.9 Å². The monoisotopic (exact) mass is 401 g/mol. The third-order valence-corrected chi connectivity index (χ3v) is 4.23. The van der Waals surface area contributed by atoms with Gasteiger partial charge in [0.15, 0.2) is 0 Å². The van der Waals surface area contributed by atoms with Crippen molar-refractivity contribution in [1.29, 1.82) is 0 Å². The van der Waals surface area contributed by atoms with E-state index in [0.29, 0.717) is 17.1 Å². The number of rotatable bonds is 5. The van der Waals surface area contributed by atoms with E-state index in [4.69, 9.17) is 16.0 Å². The van der Waals surface area contributed by atoms with Crippen LogP contribution in [0, 0.1) is 27.2 Å². The SMILES string of the molecule is Cc1oc(-c2cccc([N+](=O)[O-])c2)cc1C(=O)Nc1ccc([N+](=O)[O-])cc1Cl. The fourth-order valence-electron chi connectivity index (χ4n) is 2.53. The number of amides is 1. The van der Waals surface area contributed by atoms with Crippen LogP contribution in [-0.4, -0.2) is 15.8 Å². The molecule has 0 saturated carbocycles. The summed E-state index contributed by atoms with van der Waals surface area (Å²) in [4.78, 5) is 33.1. The smallest absolute Gasteiger partial charge is 0.271 e. The van der Waals surface area contributed by atoms with Crippen molar-refractivity contribution in [1.82, 2.24) is 0 Å². The molecule has 0 radical (unpaired) electrons. The van der Waals surface area contributed by atoms with E-state index in [1.807, 2.05) is 0 Å². The topological polar surface area (TPSA) is 129 Å². The Morgan fingerprint density at radius 3 is 2.36 bits per heavy atom. The van der Waals surface area contributed by atoms with E-state index >= 15 is 0 Å². The Morgan fingerprint density at radius 1 is 1.04 bits per heavy atom. The molecule has 0 fully saturated rings. The normalized spacial score (nSPS) is 10.5. The Hall–Kier alpha value is -3.72. The maximum absolute atomic E-state index is 12.6. The van der Waals surface area contributed by atoms with Crippen molar-refractivity contribution in [3.8, 4) is 11.3 Å². The predicted molar refractivity (Wildman–Crippen MR) is 102 cm³/mol. The number of carbonyl (C=O) groups excluding carboxylic acids is 1. The lowest BCUT2D eigenvalue weighted by Crippen LogP contribution is -2.12. The van der Waals surface area contributed by atoms with Gasteiger partial charge in [0.2, 0.25) is 0 Å². The van der Waals surface area contributed by atoms with Crippen molar-refractivity contribution < 1.29 is 19.1 Å². The van der Waals surface area contributed by atoms with Crippen LogP contribution in [0.1, 0.15) is 16.1 Å². The number of hydrogen-bond donors (Lipinski definition) is 1. The van der Waals surface area contributed by atoms with Crippen LogP contribution in [0.2, 0.25) is 5.02 Å². The summed E-state index contributed by atoms with van der Waals surface area (Å²) in [5.74, 6) is 0.0619. The first kappa shape index (κ1) is 19.1. The van der Waals surface area contributed by atoms with E-state index in [-0.39, 0.29) is 27.6 Å². The van der Waals surface area contributed by atoms with Crippen LogP contribution in [0.3, 0.4) is 0 Å². The van der Waals surface area contributed by atoms with Gasteiger partial charge < -0.3 is 9.73 Å². The zero-order valence-electron chi connectivity index (χ0n) is 14.3. The van der Waals surface area contributed by atoms with Crippen molar-refractivity contribution in [2.45, 2.75) is 6.92 Å². The Kier molecular flexibility index (Phi) is 5.10. The van der Waals surface area contributed by atoms with E-state index < -0.39 is 15.8 Å². The number of nitro groups is 2. The summed E-state index contributed by atoms with van der Waals surface area (Å²) in [5.41, 5.74) is 0.557. The second-order valence-corrected chi connectivity index (χ2v) is 6.17. The van der Waals surface area contributed by atoms with Gasteiger partial charge in [0.05, 0.1) is 26.1 Å². The van der Waals surface area contributed by atoms with Gasteiger partial charge in [-0.25, -0.2) is 0 Å². The van der Waals surface area contributed by atoms with Crippen LogP contribution >= 0.6 is 11.6 Å². The van der Waals surface area contributed by atoms with Crippen molar-refractivity contribution in [2.75, 3.05) is 5.32 Å². The van der Waals surface area contributed by atoms with Gasteiger partial charge >= 0.3 is 0 Å². The number of furan rings is 1. The molecule has 9 nitrogen and oxygen atoms in total. The summed E-state index contributed by atoms with van der Waals surface area (Å²) < 4.78 is 5.57. The minimum atomic E-state index is -0.594. The Balaban J connectivity index is 1.87. The molecule has 3 rings (SSSR count). The molecular weight excluding hydrogens is 390 g/mol. The van der Waals surface area contributed by atoms with Crippen LogP contribution < -0.4 is 5.32 Å². The average molecular weight is 402 g/mol. The van der Waals surface area contributed by atoms with E-state index in [1.54, 1.807) is 13.0 Å². The van der Waals surface area contributed by atoms with Gasteiger partial charge in [0, 0.05) is 29.8 Å². The highest BCUT2D eigenvalue weighted by molar-refractivity contribution is 6.34. The maximum Gasteiger partial charge on any atom is 0.271 e. The summed E-state index contributed by atoms with van der Waals surface area (Å²) in [7, 11) is 0. The lowest BCUT2D eigenvalue weighted by atomic mass is 10.1. The highest BCUT2D eigenvalue weighted by Crippen LogP contribution is 2.30. The largest absolute Gasteiger partial charge is 0.461 e. The molecular formula is C18H12ClN3O6. The van der Waals surface area contributed by atoms with Crippen LogP contribution in [-0.2, 0) is 0 Å². The van der Waals surface area contributed by atoms with Crippen LogP contribution in [0.5, 0.6) is 0 Å². The summed E-state index contributed by atoms with van der Waals surface area (Å²) in [5, 5.41) is 24.3. The van der Waals surface area contributed by atoms with Gasteiger partial charge in [-0.2, -0.15) is 0 Å². The molecule has 0 aliphatic rings. The molecule has 3 aromatic rings. The number of nitrogens with one attached hydrogen (secondary N) is 1. The van der Waals surface area contributed by atoms with Crippen molar-refractivity contribution in [2.24, 2.45) is 0 Å². The number of benzene rings is 2. The van der Waals surface area contributed by atoms with Gasteiger partial charge in [0.25, 0.3) is 17.3 Å². The molecule has 1 heterocycles. The molecule has 0 atom stereocenters. The van der Waals surface area contributed by atoms with Gasteiger partial charge in [0.1, 0.15) is 11.5 Å². The number of nitro benzene ring substituents is 2. The summed E-state index contributed by atoms with van der Waals surface area (Å²) in [6, 6.07) is 11.0. The van der Waals surface area contributed by atoms with Gasteiger partial charge in [-0.1, -0.05) is 23.7 Å². The number of non-ortho nitro benzene ring substituents is 2. The Labute approximate surface area is 162 Å².